The van der Waals surface area contributed by atoms with Crippen molar-refractivity contribution >= 4 is 6.21 Å². The van der Waals surface area contributed by atoms with Crippen molar-refractivity contribution in [3.63, 3.8) is 0 Å². The normalized spacial score (nSPS) is 12.2. The maximum absolute atomic E-state index is 9.28. The van der Waals surface area contributed by atoms with Crippen molar-refractivity contribution in [2.45, 2.75) is 39.8 Å². The first kappa shape index (κ1) is 15.4. The zero-order valence-corrected chi connectivity index (χ0v) is 13.2. The Bertz CT molecular complexity index is 627. The third kappa shape index (κ3) is 3.79. The Morgan fingerprint density at radius 2 is 1.90 bits per heavy atom. The maximum Gasteiger partial charge on any atom is 0.0782 e. The average Bonchev–Trinajstić information content (AvgIpc) is 2.73. The minimum absolute atomic E-state index is 0.0275. The molecule has 0 saturated heterocycles. The number of aliphatic hydroxyl groups is 1. The van der Waals surface area contributed by atoms with E-state index in [0.29, 0.717) is 0 Å². The molecule has 0 atom stereocenters. The van der Waals surface area contributed by atoms with Crippen LogP contribution in [-0.4, -0.2) is 33.2 Å². The molecule has 0 aliphatic rings. The summed E-state index contributed by atoms with van der Waals surface area (Å²) in [6, 6.07) is 10.3. The van der Waals surface area contributed by atoms with Crippen molar-refractivity contribution < 1.29 is 5.11 Å². The first-order valence-electron chi connectivity index (χ1n) is 7.17. The smallest absolute Gasteiger partial charge is 0.0782 e. The van der Waals surface area contributed by atoms with Crippen LogP contribution in [0.5, 0.6) is 0 Å². The first-order chi connectivity index (χ1) is 9.93. The van der Waals surface area contributed by atoms with Crippen LogP contribution in [-0.2, 0) is 6.54 Å². The quantitative estimate of drug-likeness (QED) is 0.859. The number of hydrogen-bond donors (Lipinski definition) is 1. The zero-order valence-electron chi connectivity index (χ0n) is 13.2. The fourth-order valence-corrected chi connectivity index (χ4v) is 2.09. The Labute approximate surface area is 126 Å². The molecule has 1 aromatic heterocycles. The molecule has 0 bridgehead atoms. The molecule has 0 fully saturated rings. The van der Waals surface area contributed by atoms with E-state index in [-0.39, 0.29) is 6.61 Å². The minimum Gasteiger partial charge on any atom is -0.394 e. The molecule has 4 nitrogen and oxygen atoms in total. The van der Waals surface area contributed by atoms with E-state index >= 15 is 0 Å². The Morgan fingerprint density at radius 3 is 2.52 bits per heavy atom. The lowest BCUT2D eigenvalue weighted by Crippen LogP contribution is -2.22. The van der Waals surface area contributed by atoms with Gasteiger partial charge in [-0.25, -0.2) is 0 Å². The summed E-state index contributed by atoms with van der Waals surface area (Å²) in [7, 11) is 0. The van der Waals surface area contributed by atoms with Gasteiger partial charge in [-0.2, -0.15) is 5.10 Å². The molecule has 1 N–H and O–H groups in total. The van der Waals surface area contributed by atoms with Gasteiger partial charge < -0.3 is 5.11 Å². The van der Waals surface area contributed by atoms with Crippen molar-refractivity contribution in [3.05, 3.63) is 52.8 Å². The van der Waals surface area contributed by atoms with Gasteiger partial charge in [-0.05, 0) is 33.3 Å². The lowest BCUT2D eigenvalue weighted by atomic mass is 10.1. The first-order valence-corrected chi connectivity index (χ1v) is 7.17. The Kier molecular flexibility index (Phi) is 4.58. The van der Waals surface area contributed by atoms with E-state index in [0.717, 1.165) is 23.5 Å². The van der Waals surface area contributed by atoms with E-state index in [1.807, 2.05) is 49.9 Å². The Morgan fingerprint density at radius 1 is 1.24 bits per heavy atom. The molecule has 2 rings (SSSR count). The van der Waals surface area contributed by atoms with Gasteiger partial charge in [0.25, 0.3) is 0 Å². The number of rotatable bonds is 5. The monoisotopic (exact) mass is 285 g/mol. The van der Waals surface area contributed by atoms with Crippen LogP contribution in [0, 0.1) is 13.8 Å². The van der Waals surface area contributed by atoms with Gasteiger partial charge in [-0.15, -0.1) is 0 Å². The second-order valence-corrected chi connectivity index (χ2v) is 5.96. The summed E-state index contributed by atoms with van der Waals surface area (Å²) < 4.78 is 2.00. The van der Waals surface area contributed by atoms with E-state index < -0.39 is 5.54 Å². The van der Waals surface area contributed by atoms with Crippen molar-refractivity contribution in [1.82, 2.24) is 9.78 Å². The summed E-state index contributed by atoms with van der Waals surface area (Å²) in [6.45, 7) is 8.63. The third-order valence-electron chi connectivity index (χ3n) is 3.54. The molecule has 0 amide bonds. The molecular formula is C17H23N3O. The van der Waals surface area contributed by atoms with Gasteiger partial charge in [-0.3, -0.25) is 9.67 Å². The van der Waals surface area contributed by atoms with Gasteiger partial charge in [0.1, 0.15) is 0 Å². The van der Waals surface area contributed by atoms with Gasteiger partial charge in [0.2, 0.25) is 0 Å². The summed E-state index contributed by atoms with van der Waals surface area (Å²) in [5, 5.41) is 13.9. The van der Waals surface area contributed by atoms with Crippen LogP contribution in [0.15, 0.2) is 35.3 Å². The minimum atomic E-state index is -0.458. The number of aromatic nitrogens is 2. The topological polar surface area (TPSA) is 50.4 Å². The molecule has 112 valence electrons. The lowest BCUT2D eigenvalue weighted by molar-refractivity contribution is 0.223. The SMILES string of the molecule is Cc1nn(Cc2ccccc2)c(C)c1C=NC(C)(C)CO. The van der Waals surface area contributed by atoms with Crippen LogP contribution < -0.4 is 0 Å². The van der Waals surface area contributed by atoms with E-state index in [4.69, 9.17) is 0 Å². The predicted molar refractivity (Wildman–Crippen MR) is 86.0 cm³/mol. The number of benzene rings is 1. The van der Waals surface area contributed by atoms with E-state index in [2.05, 4.69) is 29.1 Å². The molecule has 0 spiro atoms. The molecule has 0 saturated carbocycles. The molecule has 0 aliphatic carbocycles. The highest BCUT2D eigenvalue weighted by Gasteiger charge is 2.15. The van der Waals surface area contributed by atoms with Crippen LogP contribution >= 0.6 is 0 Å². The number of aryl methyl sites for hydroxylation is 1. The fourth-order valence-electron chi connectivity index (χ4n) is 2.09. The van der Waals surface area contributed by atoms with Crippen LogP contribution in [0.4, 0.5) is 0 Å². The van der Waals surface area contributed by atoms with Gasteiger partial charge in [0.15, 0.2) is 0 Å². The summed E-state index contributed by atoms with van der Waals surface area (Å²) in [4.78, 5) is 4.46. The summed E-state index contributed by atoms with van der Waals surface area (Å²) in [5.41, 5.74) is 3.85. The number of hydrogen-bond acceptors (Lipinski definition) is 3. The zero-order chi connectivity index (χ0) is 15.5. The van der Waals surface area contributed by atoms with Crippen molar-refractivity contribution in [2.75, 3.05) is 6.61 Å². The summed E-state index contributed by atoms with van der Waals surface area (Å²) >= 11 is 0. The molecular weight excluding hydrogens is 262 g/mol. The van der Waals surface area contributed by atoms with Crippen molar-refractivity contribution in [1.29, 1.82) is 0 Å². The molecule has 0 unspecified atom stereocenters. The fraction of sp³-hybridized carbons (Fsp3) is 0.412. The van der Waals surface area contributed by atoms with Gasteiger partial charge in [-0.1, -0.05) is 30.3 Å². The van der Waals surface area contributed by atoms with Gasteiger partial charge >= 0.3 is 0 Å². The molecule has 0 aliphatic heterocycles. The molecule has 2 aromatic rings. The molecule has 1 aromatic carbocycles. The highest BCUT2D eigenvalue weighted by Crippen LogP contribution is 2.15. The number of aliphatic hydroxyl groups excluding tert-OH is 1. The second kappa shape index (κ2) is 6.22. The average molecular weight is 285 g/mol. The highest BCUT2D eigenvalue weighted by atomic mass is 16.3. The van der Waals surface area contributed by atoms with Gasteiger partial charge in [0, 0.05) is 17.5 Å². The van der Waals surface area contributed by atoms with E-state index in [9.17, 15) is 5.11 Å². The van der Waals surface area contributed by atoms with Crippen molar-refractivity contribution in [2.24, 2.45) is 4.99 Å². The van der Waals surface area contributed by atoms with Crippen LogP contribution in [0.25, 0.3) is 0 Å². The molecule has 4 heteroatoms. The van der Waals surface area contributed by atoms with Gasteiger partial charge in [0.05, 0.1) is 24.4 Å². The lowest BCUT2D eigenvalue weighted by Gasteiger charge is -2.15. The van der Waals surface area contributed by atoms with Crippen LogP contribution in [0.3, 0.4) is 0 Å². The van der Waals surface area contributed by atoms with E-state index in [1.165, 1.54) is 5.56 Å². The standard InChI is InChI=1S/C17H23N3O/c1-13-16(10-18-17(3,4)12-21)14(2)20(19-13)11-15-8-6-5-7-9-15/h5-10,21H,11-12H2,1-4H3. The van der Waals surface area contributed by atoms with Crippen molar-refractivity contribution in [3.8, 4) is 0 Å². The largest absolute Gasteiger partial charge is 0.394 e. The maximum atomic E-state index is 9.28. The molecule has 1 heterocycles. The number of nitrogens with zero attached hydrogens (tertiary/aromatic N) is 3. The Hall–Kier alpha value is -1.94. The molecule has 0 radical (unpaired) electrons. The third-order valence-corrected chi connectivity index (χ3v) is 3.54. The predicted octanol–water partition coefficient (Wildman–Crippen LogP) is 2.74. The summed E-state index contributed by atoms with van der Waals surface area (Å²) in [5.74, 6) is 0. The number of aliphatic imine (C=N–C) groups is 1. The summed E-state index contributed by atoms with van der Waals surface area (Å²) in [6.07, 6.45) is 1.83. The molecule has 21 heavy (non-hydrogen) atoms. The van der Waals surface area contributed by atoms with E-state index in [1.54, 1.807) is 0 Å². The second-order valence-electron chi connectivity index (χ2n) is 5.96. The highest BCUT2D eigenvalue weighted by molar-refractivity contribution is 5.82. The Balaban J connectivity index is 2.26. The van der Waals surface area contributed by atoms with Crippen LogP contribution in [0.2, 0.25) is 0 Å². The van der Waals surface area contributed by atoms with Crippen LogP contribution in [0.1, 0.15) is 36.4 Å².